The van der Waals surface area contributed by atoms with Crippen molar-refractivity contribution in [3.05, 3.63) is 106 Å². The second-order valence-corrected chi connectivity index (χ2v) is 7.14. The molecule has 0 fully saturated rings. The van der Waals surface area contributed by atoms with Crippen molar-refractivity contribution in [2.24, 2.45) is 0 Å². The fourth-order valence-corrected chi connectivity index (χ4v) is 3.31. The zero-order valence-electron chi connectivity index (χ0n) is 16.7. The van der Waals surface area contributed by atoms with Crippen molar-refractivity contribution >= 4 is 22.6 Å². The number of carbonyl (C=O) groups excluding carboxylic acids is 1. The summed E-state index contributed by atoms with van der Waals surface area (Å²) in [5.74, 6) is -2.92. The molecule has 0 aliphatic rings. The lowest BCUT2D eigenvalue weighted by Gasteiger charge is -2.13. The molecule has 0 aliphatic carbocycles. The lowest BCUT2D eigenvalue weighted by atomic mass is 10.1. The van der Waals surface area contributed by atoms with E-state index in [9.17, 15) is 31.5 Å². The highest BCUT2D eigenvalue weighted by atomic mass is 19.4. The monoisotopic (exact) mass is 459 g/mol. The van der Waals surface area contributed by atoms with E-state index in [2.05, 4.69) is 10.3 Å². The zero-order chi connectivity index (χ0) is 23.8. The third kappa shape index (κ3) is 4.59. The Bertz CT molecular complexity index is 1410. The molecule has 2 aromatic carbocycles. The minimum atomic E-state index is -4.96. The molecule has 0 saturated heterocycles. The summed E-state index contributed by atoms with van der Waals surface area (Å²) in [4.78, 5) is 30.1. The first-order chi connectivity index (χ1) is 15.6. The van der Waals surface area contributed by atoms with Crippen LogP contribution < -0.4 is 10.9 Å². The maximum Gasteiger partial charge on any atom is 0.419 e. The lowest BCUT2D eigenvalue weighted by Crippen LogP contribution is -2.30. The average Bonchev–Trinajstić information content (AvgIpc) is 2.77. The summed E-state index contributed by atoms with van der Waals surface area (Å²) in [7, 11) is 0. The van der Waals surface area contributed by atoms with Gasteiger partial charge in [-0.2, -0.15) is 13.2 Å². The molecule has 2 aromatic heterocycles. The van der Waals surface area contributed by atoms with Crippen molar-refractivity contribution in [1.82, 2.24) is 9.55 Å². The molecule has 10 heteroatoms. The summed E-state index contributed by atoms with van der Waals surface area (Å²) in [5, 5.41) is 2.64. The highest BCUT2D eigenvalue weighted by molar-refractivity contribution is 6.05. The molecule has 0 aliphatic heterocycles. The van der Waals surface area contributed by atoms with Crippen molar-refractivity contribution < 1.29 is 26.7 Å². The highest BCUT2D eigenvalue weighted by Gasteiger charge is 2.34. The summed E-state index contributed by atoms with van der Waals surface area (Å²) < 4.78 is 66.9. The number of carbonyl (C=O) groups is 1. The van der Waals surface area contributed by atoms with Gasteiger partial charge in [-0.3, -0.25) is 14.2 Å². The van der Waals surface area contributed by atoms with Crippen molar-refractivity contribution in [1.29, 1.82) is 0 Å². The van der Waals surface area contributed by atoms with E-state index < -0.39 is 34.8 Å². The Labute approximate surface area is 183 Å². The predicted molar refractivity (Wildman–Crippen MR) is 111 cm³/mol. The second kappa shape index (κ2) is 8.45. The number of hydrogen-bond acceptors (Lipinski definition) is 3. The largest absolute Gasteiger partial charge is 0.419 e. The summed E-state index contributed by atoms with van der Waals surface area (Å²) >= 11 is 0. The molecule has 0 atom stereocenters. The van der Waals surface area contributed by atoms with Crippen LogP contribution in [0.3, 0.4) is 0 Å². The van der Waals surface area contributed by atoms with E-state index in [-0.39, 0.29) is 23.4 Å². The van der Waals surface area contributed by atoms with Gasteiger partial charge in [-0.25, -0.2) is 13.8 Å². The van der Waals surface area contributed by atoms with Crippen LogP contribution in [0.4, 0.5) is 27.6 Å². The molecule has 4 rings (SSSR count). The summed E-state index contributed by atoms with van der Waals surface area (Å²) in [6, 6.07) is 11.9. The molecule has 0 unspecified atom stereocenters. The summed E-state index contributed by atoms with van der Waals surface area (Å²) in [6.07, 6.45) is -3.50. The van der Waals surface area contributed by atoms with Crippen molar-refractivity contribution in [2.45, 2.75) is 12.7 Å². The summed E-state index contributed by atoms with van der Waals surface area (Å²) in [6.45, 7) is -0.0253. The van der Waals surface area contributed by atoms with Gasteiger partial charge in [-0.05, 0) is 54.1 Å². The van der Waals surface area contributed by atoms with Gasteiger partial charge >= 0.3 is 6.18 Å². The molecule has 5 nitrogen and oxygen atoms in total. The number of amides is 1. The van der Waals surface area contributed by atoms with Gasteiger partial charge in [0.1, 0.15) is 22.8 Å². The van der Waals surface area contributed by atoms with Gasteiger partial charge in [0, 0.05) is 17.3 Å². The quantitative estimate of drug-likeness (QED) is 0.437. The molecule has 33 heavy (non-hydrogen) atoms. The highest BCUT2D eigenvalue weighted by Crippen LogP contribution is 2.33. The number of hydrogen-bond donors (Lipinski definition) is 1. The average molecular weight is 459 g/mol. The van der Waals surface area contributed by atoms with Crippen LogP contribution in [0, 0.1) is 11.6 Å². The number of nitrogens with one attached hydrogen (secondary N) is 1. The first kappa shape index (κ1) is 22.1. The van der Waals surface area contributed by atoms with E-state index in [4.69, 9.17) is 0 Å². The van der Waals surface area contributed by atoms with Crippen LogP contribution in [0.15, 0.2) is 71.7 Å². The molecule has 1 amide bonds. The molecule has 168 valence electrons. The number of anilines is 1. The Hall–Kier alpha value is -4.08. The second-order valence-electron chi connectivity index (χ2n) is 7.14. The van der Waals surface area contributed by atoms with E-state index >= 15 is 0 Å². The van der Waals surface area contributed by atoms with Crippen LogP contribution in [0.5, 0.6) is 0 Å². The van der Waals surface area contributed by atoms with Crippen LogP contribution >= 0.6 is 0 Å². The van der Waals surface area contributed by atoms with Gasteiger partial charge in [0.2, 0.25) is 0 Å². The van der Waals surface area contributed by atoms with Crippen LogP contribution in [-0.2, 0) is 12.7 Å². The van der Waals surface area contributed by atoms with Gasteiger partial charge in [-0.15, -0.1) is 0 Å². The molecular formula is C23H14F5N3O2. The number of aromatic nitrogens is 2. The van der Waals surface area contributed by atoms with Crippen molar-refractivity contribution in [3.63, 3.8) is 0 Å². The molecule has 0 saturated carbocycles. The van der Waals surface area contributed by atoms with Crippen molar-refractivity contribution in [3.8, 4) is 0 Å². The van der Waals surface area contributed by atoms with Crippen LogP contribution in [0.2, 0.25) is 0 Å². The number of benzene rings is 2. The van der Waals surface area contributed by atoms with Crippen LogP contribution in [0.25, 0.3) is 11.0 Å². The maximum atomic E-state index is 13.5. The Morgan fingerprint density at radius 1 is 1.00 bits per heavy atom. The molecule has 4 aromatic rings. The van der Waals surface area contributed by atoms with E-state index in [0.717, 1.165) is 6.07 Å². The Balaban J connectivity index is 1.75. The number of fused-ring (bicyclic) bond motifs is 1. The van der Waals surface area contributed by atoms with Gasteiger partial charge in [0.25, 0.3) is 11.5 Å². The fraction of sp³-hybridized carbons (Fsp3) is 0.0870. The predicted octanol–water partition coefficient (Wildman–Crippen LogP) is 4.99. The van der Waals surface area contributed by atoms with E-state index in [1.54, 1.807) is 12.1 Å². The third-order valence-corrected chi connectivity index (χ3v) is 4.88. The molecule has 0 bridgehead atoms. The van der Waals surface area contributed by atoms with Gasteiger partial charge in [0.15, 0.2) is 0 Å². The van der Waals surface area contributed by atoms with Crippen LogP contribution in [0.1, 0.15) is 21.5 Å². The topological polar surface area (TPSA) is 64.0 Å². The minimum Gasteiger partial charge on any atom is -0.322 e. The normalized spacial score (nSPS) is 11.5. The lowest BCUT2D eigenvalue weighted by molar-refractivity contribution is -0.139. The SMILES string of the molecule is O=C(Nc1ccc(F)c(C(F)(F)F)c1)c1cc2cccnc2n(Cc2ccc(F)cc2)c1=O. The van der Waals surface area contributed by atoms with Crippen LogP contribution in [-0.4, -0.2) is 15.5 Å². The third-order valence-electron chi connectivity index (χ3n) is 4.88. The number of nitrogens with zero attached hydrogens (tertiary/aromatic N) is 2. The van der Waals surface area contributed by atoms with Crippen molar-refractivity contribution in [2.75, 3.05) is 5.32 Å². The Morgan fingerprint density at radius 3 is 2.42 bits per heavy atom. The summed E-state index contributed by atoms with van der Waals surface area (Å²) in [5.41, 5.74) is -2.14. The Morgan fingerprint density at radius 2 is 1.73 bits per heavy atom. The standard InChI is InChI=1S/C23H14F5N3O2/c24-15-5-3-13(4-6-15)12-31-20-14(2-1-9-29-20)10-17(22(31)33)21(32)30-16-7-8-19(25)18(11-16)23(26,27)28/h1-11H,12H2,(H,30,32). The number of pyridine rings is 2. The smallest absolute Gasteiger partial charge is 0.322 e. The minimum absolute atomic E-state index is 0.0253. The molecular weight excluding hydrogens is 445 g/mol. The zero-order valence-corrected chi connectivity index (χ0v) is 16.7. The molecule has 2 heterocycles. The fourth-order valence-electron chi connectivity index (χ4n) is 3.31. The van der Waals surface area contributed by atoms with Gasteiger partial charge in [0.05, 0.1) is 12.1 Å². The Kier molecular flexibility index (Phi) is 5.67. The molecule has 0 radical (unpaired) electrons. The maximum absolute atomic E-state index is 13.5. The number of alkyl halides is 3. The van der Waals surface area contributed by atoms with Gasteiger partial charge < -0.3 is 5.32 Å². The van der Waals surface area contributed by atoms with E-state index in [1.807, 2.05) is 0 Å². The van der Waals surface area contributed by atoms with Gasteiger partial charge in [-0.1, -0.05) is 12.1 Å². The van der Waals surface area contributed by atoms with E-state index in [0.29, 0.717) is 23.1 Å². The molecule has 0 spiro atoms. The first-order valence-corrected chi connectivity index (χ1v) is 9.54. The number of halogens is 5. The first-order valence-electron chi connectivity index (χ1n) is 9.54. The molecule has 1 N–H and O–H groups in total. The number of rotatable bonds is 4. The van der Waals surface area contributed by atoms with E-state index in [1.165, 1.54) is 41.1 Å².